The summed E-state index contributed by atoms with van der Waals surface area (Å²) < 4.78 is 5.04. The van der Waals surface area contributed by atoms with Gasteiger partial charge in [-0.3, -0.25) is 9.69 Å². The van der Waals surface area contributed by atoms with Crippen LogP contribution < -0.4 is 0 Å². The smallest absolute Gasteiger partial charge is 0.292 e. The van der Waals surface area contributed by atoms with E-state index in [0.717, 1.165) is 38.4 Å². The maximum Gasteiger partial charge on any atom is 0.292 e. The first-order valence-electron chi connectivity index (χ1n) is 6.68. The number of aryl methyl sites for hydroxylation is 1. The highest BCUT2D eigenvalue weighted by atomic mass is 32.1. The predicted molar refractivity (Wildman–Crippen MR) is 76.7 cm³/mol. The van der Waals surface area contributed by atoms with Gasteiger partial charge in [-0.1, -0.05) is 5.16 Å². The molecule has 5 nitrogen and oxygen atoms in total. The van der Waals surface area contributed by atoms with Gasteiger partial charge in [0, 0.05) is 38.8 Å². The number of piperazine rings is 1. The highest BCUT2D eigenvalue weighted by molar-refractivity contribution is 7.07. The van der Waals surface area contributed by atoms with Gasteiger partial charge in [0.15, 0.2) is 0 Å². The Labute approximate surface area is 121 Å². The van der Waals surface area contributed by atoms with Crippen molar-refractivity contribution in [2.24, 2.45) is 0 Å². The predicted octanol–water partition coefficient (Wildman–Crippen LogP) is 2.00. The normalized spacial score (nSPS) is 16.6. The van der Waals surface area contributed by atoms with Crippen LogP contribution in [0.15, 0.2) is 27.4 Å². The van der Waals surface area contributed by atoms with Gasteiger partial charge in [0.25, 0.3) is 5.91 Å². The van der Waals surface area contributed by atoms with Crippen LogP contribution >= 0.6 is 11.3 Å². The third-order valence-corrected chi connectivity index (χ3v) is 4.22. The van der Waals surface area contributed by atoms with Gasteiger partial charge in [0.05, 0.1) is 5.69 Å². The van der Waals surface area contributed by atoms with Gasteiger partial charge in [0.2, 0.25) is 5.76 Å². The van der Waals surface area contributed by atoms with Crippen molar-refractivity contribution in [3.8, 4) is 0 Å². The highest BCUT2D eigenvalue weighted by Gasteiger charge is 2.24. The van der Waals surface area contributed by atoms with Crippen LogP contribution in [0.1, 0.15) is 21.8 Å². The Bertz CT molecular complexity index is 571. The fraction of sp³-hybridized carbons (Fsp3) is 0.429. The molecular weight excluding hydrogens is 274 g/mol. The van der Waals surface area contributed by atoms with Crippen LogP contribution in [0.5, 0.6) is 0 Å². The first kappa shape index (κ1) is 13.3. The van der Waals surface area contributed by atoms with Gasteiger partial charge in [0.1, 0.15) is 0 Å². The van der Waals surface area contributed by atoms with Crippen LogP contribution in [-0.4, -0.2) is 47.0 Å². The number of aromatic nitrogens is 1. The molecule has 0 aliphatic carbocycles. The molecule has 6 heteroatoms. The van der Waals surface area contributed by atoms with Crippen molar-refractivity contribution in [1.82, 2.24) is 15.0 Å². The minimum absolute atomic E-state index is 0.0548. The molecule has 1 amide bonds. The molecule has 1 fully saturated rings. The number of carbonyl (C=O) groups is 1. The fourth-order valence-electron chi connectivity index (χ4n) is 2.37. The topological polar surface area (TPSA) is 49.6 Å². The lowest BCUT2D eigenvalue weighted by Crippen LogP contribution is -2.48. The third-order valence-electron chi connectivity index (χ3n) is 3.48. The molecule has 0 aromatic carbocycles. The zero-order valence-corrected chi connectivity index (χ0v) is 12.2. The van der Waals surface area contributed by atoms with Gasteiger partial charge in [-0.05, 0) is 29.3 Å². The molecule has 3 heterocycles. The van der Waals surface area contributed by atoms with E-state index in [9.17, 15) is 4.79 Å². The van der Waals surface area contributed by atoms with Crippen molar-refractivity contribution in [2.45, 2.75) is 13.5 Å². The maximum atomic E-state index is 12.2. The molecule has 0 bridgehead atoms. The Morgan fingerprint density at radius 2 is 2.20 bits per heavy atom. The molecule has 2 aromatic heterocycles. The van der Waals surface area contributed by atoms with Gasteiger partial charge >= 0.3 is 0 Å². The van der Waals surface area contributed by atoms with E-state index >= 15 is 0 Å². The lowest BCUT2D eigenvalue weighted by atomic mass is 10.2. The Balaban J connectivity index is 1.54. The molecule has 3 rings (SSSR count). The van der Waals surface area contributed by atoms with Crippen LogP contribution in [0.2, 0.25) is 0 Å². The summed E-state index contributed by atoms with van der Waals surface area (Å²) in [7, 11) is 0. The van der Waals surface area contributed by atoms with E-state index in [1.807, 2.05) is 11.8 Å². The third kappa shape index (κ3) is 2.91. The van der Waals surface area contributed by atoms with Crippen LogP contribution in [0.3, 0.4) is 0 Å². The van der Waals surface area contributed by atoms with Gasteiger partial charge in [-0.25, -0.2) is 0 Å². The first-order chi connectivity index (χ1) is 9.72. The number of hydrogen-bond donors (Lipinski definition) is 0. The molecule has 1 saturated heterocycles. The number of amides is 1. The summed E-state index contributed by atoms with van der Waals surface area (Å²) in [6.07, 6.45) is 0. The molecule has 1 aliphatic heterocycles. The van der Waals surface area contributed by atoms with E-state index < -0.39 is 0 Å². The molecular formula is C14H17N3O2S. The molecule has 0 spiro atoms. The molecule has 0 radical (unpaired) electrons. The number of thiophene rings is 1. The summed E-state index contributed by atoms with van der Waals surface area (Å²) in [4.78, 5) is 16.4. The van der Waals surface area contributed by atoms with Crippen LogP contribution in [0, 0.1) is 6.92 Å². The summed E-state index contributed by atoms with van der Waals surface area (Å²) in [6.45, 7) is 6.06. The minimum atomic E-state index is -0.0548. The number of carbonyl (C=O) groups excluding carboxylic acids is 1. The molecule has 0 atom stereocenters. The number of nitrogens with zero attached hydrogens (tertiary/aromatic N) is 3. The van der Waals surface area contributed by atoms with Crippen LogP contribution in [0.4, 0.5) is 0 Å². The van der Waals surface area contributed by atoms with E-state index in [1.54, 1.807) is 17.4 Å². The lowest BCUT2D eigenvalue weighted by molar-refractivity contribution is 0.0589. The second-order valence-electron chi connectivity index (χ2n) is 5.03. The second-order valence-corrected chi connectivity index (χ2v) is 5.81. The van der Waals surface area contributed by atoms with Crippen molar-refractivity contribution in [3.63, 3.8) is 0 Å². The van der Waals surface area contributed by atoms with Crippen LogP contribution in [-0.2, 0) is 6.54 Å². The molecule has 0 unspecified atom stereocenters. The van der Waals surface area contributed by atoms with Gasteiger partial charge in [-0.15, -0.1) is 0 Å². The first-order valence-corrected chi connectivity index (χ1v) is 7.62. The highest BCUT2D eigenvalue weighted by Crippen LogP contribution is 2.13. The maximum absolute atomic E-state index is 12.2. The zero-order chi connectivity index (χ0) is 13.9. The zero-order valence-electron chi connectivity index (χ0n) is 11.4. The van der Waals surface area contributed by atoms with Crippen molar-refractivity contribution in [3.05, 3.63) is 39.9 Å². The Morgan fingerprint density at radius 1 is 1.40 bits per heavy atom. The SMILES string of the molecule is Cc1cc(C(=O)N2CCN(Cc3ccsc3)CC2)on1. The number of hydrogen-bond acceptors (Lipinski definition) is 5. The molecule has 0 N–H and O–H groups in total. The van der Waals surface area contributed by atoms with E-state index in [0.29, 0.717) is 5.76 Å². The molecule has 2 aromatic rings. The molecule has 20 heavy (non-hydrogen) atoms. The number of rotatable bonds is 3. The summed E-state index contributed by atoms with van der Waals surface area (Å²) >= 11 is 1.72. The standard InChI is InChI=1S/C14H17N3O2S/c1-11-8-13(19-15-11)14(18)17-5-3-16(4-6-17)9-12-2-7-20-10-12/h2,7-8,10H,3-6,9H2,1H3. The Morgan fingerprint density at radius 3 is 2.80 bits per heavy atom. The van der Waals surface area contributed by atoms with Crippen molar-refractivity contribution >= 4 is 17.2 Å². The van der Waals surface area contributed by atoms with E-state index in [1.165, 1.54) is 5.56 Å². The quantitative estimate of drug-likeness (QED) is 0.868. The van der Waals surface area contributed by atoms with E-state index in [2.05, 4.69) is 26.9 Å². The summed E-state index contributed by atoms with van der Waals surface area (Å²) in [6, 6.07) is 3.85. The van der Waals surface area contributed by atoms with Crippen molar-refractivity contribution < 1.29 is 9.32 Å². The molecule has 106 valence electrons. The van der Waals surface area contributed by atoms with Crippen molar-refractivity contribution in [2.75, 3.05) is 26.2 Å². The average Bonchev–Trinajstić information content (AvgIpc) is 3.10. The Hall–Kier alpha value is -1.66. The second kappa shape index (κ2) is 5.76. The fourth-order valence-corrected chi connectivity index (χ4v) is 3.03. The summed E-state index contributed by atoms with van der Waals surface area (Å²) in [5, 5.41) is 8.04. The lowest BCUT2D eigenvalue weighted by Gasteiger charge is -2.34. The monoisotopic (exact) mass is 291 g/mol. The summed E-state index contributed by atoms with van der Waals surface area (Å²) in [5.74, 6) is 0.287. The van der Waals surface area contributed by atoms with E-state index in [4.69, 9.17) is 4.52 Å². The summed E-state index contributed by atoms with van der Waals surface area (Å²) in [5.41, 5.74) is 2.09. The minimum Gasteiger partial charge on any atom is -0.351 e. The largest absolute Gasteiger partial charge is 0.351 e. The average molecular weight is 291 g/mol. The van der Waals surface area contributed by atoms with Gasteiger partial charge < -0.3 is 9.42 Å². The van der Waals surface area contributed by atoms with Crippen molar-refractivity contribution in [1.29, 1.82) is 0 Å². The van der Waals surface area contributed by atoms with E-state index in [-0.39, 0.29) is 5.91 Å². The van der Waals surface area contributed by atoms with Gasteiger partial charge in [-0.2, -0.15) is 11.3 Å². The Kier molecular flexibility index (Phi) is 3.84. The molecule has 1 aliphatic rings. The molecule has 0 saturated carbocycles. The van der Waals surface area contributed by atoms with Crippen LogP contribution in [0.25, 0.3) is 0 Å².